The molecule has 18 heavy (non-hydrogen) atoms. The molecule has 1 aromatic rings. The number of methoxy groups -OCH3 is 1. The van der Waals surface area contributed by atoms with E-state index in [0.717, 1.165) is 31.6 Å². The zero-order chi connectivity index (χ0) is 13.2. The van der Waals surface area contributed by atoms with Gasteiger partial charge in [-0.25, -0.2) is 0 Å². The van der Waals surface area contributed by atoms with Crippen LogP contribution in [0.3, 0.4) is 0 Å². The molecule has 2 N–H and O–H groups in total. The highest BCUT2D eigenvalue weighted by molar-refractivity contribution is 7.80. The maximum Gasteiger partial charge on any atom is 0.122 e. The minimum atomic E-state index is -0.0785. The SMILES string of the molecule is COC1(C)CCCN(c2ccnc(C(N)=S)c2)C1. The van der Waals surface area contributed by atoms with Crippen molar-refractivity contribution in [3.63, 3.8) is 0 Å². The number of thiocarbonyl (C=S) groups is 1. The Hall–Kier alpha value is -1.20. The molecule has 1 aliphatic heterocycles. The van der Waals surface area contributed by atoms with Crippen molar-refractivity contribution in [1.82, 2.24) is 4.98 Å². The number of hydrogen-bond donors (Lipinski definition) is 1. The van der Waals surface area contributed by atoms with E-state index in [1.54, 1.807) is 13.3 Å². The Morgan fingerprint density at radius 1 is 1.61 bits per heavy atom. The quantitative estimate of drug-likeness (QED) is 0.843. The van der Waals surface area contributed by atoms with Gasteiger partial charge in [-0.1, -0.05) is 12.2 Å². The average molecular weight is 265 g/mol. The summed E-state index contributed by atoms with van der Waals surface area (Å²) in [6.45, 7) is 4.05. The van der Waals surface area contributed by atoms with Gasteiger partial charge in [0, 0.05) is 32.1 Å². The predicted octanol–water partition coefficient (Wildman–Crippen LogP) is 1.72. The summed E-state index contributed by atoms with van der Waals surface area (Å²) in [5, 5.41) is 0. The van der Waals surface area contributed by atoms with Crippen LogP contribution in [0.25, 0.3) is 0 Å². The van der Waals surface area contributed by atoms with E-state index in [-0.39, 0.29) is 5.60 Å². The van der Waals surface area contributed by atoms with Crippen molar-refractivity contribution in [1.29, 1.82) is 0 Å². The van der Waals surface area contributed by atoms with Crippen LogP contribution in [0.2, 0.25) is 0 Å². The molecule has 2 rings (SSSR count). The van der Waals surface area contributed by atoms with Gasteiger partial charge in [-0.3, -0.25) is 4.98 Å². The number of rotatable bonds is 3. The second-order valence-corrected chi connectivity index (χ2v) is 5.38. The zero-order valence-corrected chi connectivity index (χ0v) is 11.7. The maximum absolute atomic E-state index is 5.62. The summed E-state index contributed by atoms with van der Waals surface area (Å²) in [6, 6.07) is 3.94. The van der Waals surface area contributed by atoms with Crippen molar-refractivity contribution in [2.75, 3.05) is 25.1 Å². The zero-order valence-electron chi connectivity index (χ0n) is 10.8. The van der Waals surface area contributed by atoms with Gasteiger partial charge in [0.05, 0.1) is 11.3 Å². The van der Waals surface area contributed by atoms with Gasteiger partial charge in [-0.15, -0.1) is 0 Å². The Morgan fingerprint density at radius 3 is 3.06 bits per heavy atom. The van der Waals surface area contributed by atoms with Gasteiger partial charge in [0.2, 0.25) is 0 Å². The molecule has 0 bridgehead atoms. The van der Waals surface area contributed by atoms with Crippen LogP contribution in [-0.4, -0.2) is 35.8 Å². The van der Waals surface area contributed by atoms with Gasteiger partial charge >= 0.3 is 0 Å². The molecule has 1 aliphatic rings. The molecule has 1 atom stereocenters. The first-order valence-corrected chi connectivity index (χ1v) is 6.51. The molecule has 0 saturated carbocycles. The molecule has 0 spiro atoms. The highest BCUT2D eigenvalue weighted by atomic mass is 32.1. The molecule has 0 aromatic carbocycles. The molecule has 1 saturated heterocycles. The number of ether oxygens (including phenoxy) is 1. The van der Waals surface area contributed by atoms with Gasteiger partial charge in [0.15, 0.2) is 0 Å². The largest absolute Gasteiger partial charge is 0.388 e. The number of nitrogens with zero attached hydrogens (tertiary/aromatic N) is 2. The third-order valence-electron chi connectivity index (χ3n) is 3.51. The number of hydrogen-bond acceptors (Lipinski definition) is 4. The van der Waals surface area contributed by atoms with E-state index in [2.05, 4.69) is 16.8 Å². The summed E-state index contributed by atoms with van der Waals surface area (Å²) in [4.78, 5) is 6.80. The first-order valence-electron chi connectivity index (χ1n) is 6.10. The van der Waals surface area contributed by atoms with Gasteiger partial charge in [0.25, 0.3) is 0 Å². The lowest BCUT2D eigenvalue weighted by Gasteiger charge is -2.40. The lowest BCUT2D eigenvalue weighted by atomic mass is 9.94. The molecule has 5 heteroatoms. The van der Waals surface area contributed by atoms with Crippen LogP contribution in [-0.2, 0) is 4.74 Å². The van der Waals surface area contributed by atoms with Crippen molar-refractivity contribution < 1.29 is 4.74 Å². The molecular formula is C13H19N3OS. The maximum atomic E-state index is 5.62. The molecule has 2 heterocycles. The van der Waals surface area contributed by atoms with Crippen molar-refractivity contribution in [2.24, 2.45) is 5.73 Å². The monoisotopic (exact) mass is 265 g/mol. The Morgan fingerprint density at radius 2 is 2.39 bits per heavy atom. The number of piperidine rings is 1. The predicted molar refractivity (Wildman–Crippen MR) is 77.0 cm³/mol. The smallest absolute Gasteiger partial charge is 0.122 e. The minimum Gasteiger partial charge on any atom is -0.388 e. The molecule has 1 fully saturated rings. The third-order valence-corrected chi connectivity index (χ3v) is 3.72. The summed E-state index contributed by atoms with van der Waals surface area (Å²) in [5.74, 6) is 0. The van der Waals surface area contributed by atoms with Crippen molar-refractivity contribution >= 4 is 22.9 Å². The average Bonchev–Trinajstić information content (AvgIpc) is 2.39. The van der Waals surface area contributed by atoms with E-state index in [0.29, 0.717) is 10.7 Å². The Labute approximate surface area is 113 Å². The van der Waals surface area contributed by atoms with Crippen LogP contribution in [0.5, 0.6) is 0 Å². The van der Waals surface area contributed by atoms with Crippen molar-refractivity contribution in [3.05, 3.63) is 24.0 Å². The fourth-order valence-corrected chi connectivity index (χ4v) is 2.46. The summed E-state index contributed by atoms with van der Waals surface area (Å²) in [5.41, 5.74) is 7.32. The normalized spacial score (nSPS) is 24.0. The Bertz CT molecular complexity index is 452. The topological polar surface area (TPSA) is 51.4 Å². The summed E-state index contributed by atoms with van der Waals surface area (Å²) >= 11 is 4.96. The molecule has 98 valence electrons. The summed E-state index contributed by atoms with van der Waals surface area (Å²) in [6.07, 6.45) is 3.96. The molecule has 0 aliphatic carbocycles. The van der Waals surface area contributed by atoms with E-state index in [1.165, 1.54) is 0 Å². The van der Waals surface area contributed by atoms with Crippen molar-refractivity contribution in [3.8, 4) is 0 Å². The Balaban J connectivity index is 2.21. The van der Waals surface area contributed by atoms with Gasteiger partial charge in [-0.2, -0.15) is 0 Å². The lowest BCUT2D eigenvalue weighted by Crippen LogP contribution is -2.47. The van der Waals surface area contributed by atoms with E-state index in [9.17, 15) is 0 Å². The van der Waals surface area contributed by atoms with Crippen LogP contribution in [0.15, 0.2) is 18.3 Å². The third kappa shape index (κ3) is 2.79. The first-order chi connectivity index (χ1) is 8.54. The number of anilines is 1. The number of aromatic nitrogens is 1. The van der Waals surface area contributed by atoms with Crippen LogP contribution >= 0.6 is 12.2 Å². The van der Waals surface area contributed by atoms with E-state index < -0.39 is 0 Å². The van der Waals surface area contributed by atoms with Crippen LogP contribution in [0.1, 0.15) is 25.5 Å². The van der Waals surface area contributed by atoms with E-state index in [4.69, 9.17) is 22.7 Å². The van der Waals surface area contributed by atoms with Crippen LogP contribution < -0.4 is 10.6 Å². The number of pyridine rings is 1. The summed E-state index contributed by atoms with van der Waals surface area (Å²) < 4.78 is 5.60. The Kier molecular flexibility index (Phi) is 3.82. The summed E-state index contributed by atoms with van der Waals surface area (Å²) in [7, 11) is 1.77. The fourth-order valence-electron chi connectivity index (χ4n) is 2.34. The van der Waals surface area contributed by atoms with Gasteiger partial charge < -0.3 is 15.4 Å². The second kappa shape index (κ2) is 5.20. The van der Waals surface area contributed by atoms with Crippen LogP contribution in [0.4, 0.5) is 5.69 Å². The van der Waals surface area contributed by atoms with Gasteiger partial charge in [0.1, 0.15) is 4.99 Å². The standard InChI is InChI=1S/C13H19N3OS/c1-13(17-2)5-3-7-16(9-13)10-4-6-15-11(8-10)12(14)18/h4,6,8H,3,5,7,9H2,1-2H3,(H2,14,18). The molecule has 0 radical (unpaired) electrons. The second-order valence-electron chi connectivity index (χ2n) is 4.94. The molecule has 0 amide bonds. The fraction of sp³-hybridized carbons (Fsp3) is 0.538. The van der Waals surface area contributed by atoms with Crippen LogP contribution in [0, 0.1) is 0 Å². The molecular weight excluding hydrogens is 246 g/mol. The molecule has 1 unspecified atom stereocenters. The first kappa shape index (κ1) is 13.2. The lowest BCUT2D eigenvalue weighted by molar-refractivity contribution is -0.00465. The molecule has 1 aromatic heterocycles. The number of nitrogens with two attached hydrogens (primary N) is 1. The highest BCUT2D eigenvalue weighted by Gasteiger charge is 2.30. The van der Waals surface area contributed by atoms with E-state index >= 15 is 0 Å². The van der Waals surface area contributed by atoms with E-state index in [1.807, 2.05) is 12.1 Å². The van der Waals surface area contributed by atoms with Crippen molar-refractivity contribution in [2.45, 2.75) is 25.4 Å². The van der Waals surface area contributed by atoms with Gasteiger partial charge in [-0.05, 0) is 31.9 Å². The highest BCUT2D eigenvalue weighted by Crippen LogP contribution is 2.27. The molecule has 4 nitrogen and oxygen atoms in total. The minimum absolute atomic E-state index is 0.0785.